The van der Waals surface area contributed by atoms with E-state index in [4.69, 9.17) is 10.8 Å². The summed E-state index contributed by atoms with van der Waals surface area (Å²) >= 11 is 0. The van der Waals surface area contributed by atoms with E-state index in [9.17, 15) is 4.79 Å². The molecule has 1 aromatic rings. The van der Waals surface area contributed by atoms with Crippen LogP contribution in [0.15, 0.2) is 24.3 Å². The number of hydrogen-bond acceptors (Lipinski definition) is 2. The Labute approximate surface area is 83.6 Å². The Kier molecular flexibility index (Phi) is 3.65. The topological polar surface area (TPSA) is 63.3 Å². The van der Waals surface area contributed by atoms with Crippen molar-refractivity contribution < 1.29 is 9.90 Å². The molecule has 1 aromatic carbocycles. The number of carboxylic acid groups (broad SMARTS) is 1. The third-order valence-electron chi connectivity index (χ3n) is 2.32. The second-order valence-electron chi connectivity index (χ2n) is 3.24. The molecule has 0 aromatic heterocycles. The highest BCUT2D eigenvalue weighted by Crippen LogP contribution is 2.19. The third kappa shape index (κ3) is 2.33. The molecule has 0 aliphatic heterocycles. The first-order chi connectivity index (χ1) is 6.69. The largest absolute Gasteiger partial charge is 0.481 e. The molecule has 0 spiro atoms. The van der Waals surface area contributed by atoms with Crippen LogP contribution in [0.3, 0.4) is 0 Å². The molecule has 0 radical (unpaired) electrons. The molecule has 0 saturated heterocycles. The van der Waals surface area contributed by atoms with Gasteiger partial charge in [0.25, 0.3) is 0 Å². The summed E-state index contributed by atoms with van der Waals surface area (Å²) < 4.78 is 0. The number of aliphatic carboxylic acids is 1. The highest BCUT2D eigenvalue weighted by Gasteiger charge is 2.16. The standard InChI is InChI=1S/C11H15NO2/c1-2-10(11(13)14)9-5-3-8(7-12)4-6-9/h3-6,10H,2,7,12H2,1H3,(H,13,14). The number of rotatable bonds is 4. The highest BCUT2D eigenvalue weighted by molar-refractivity contribution is 5.75. The van der Waals surface area contributed by atoms with E-state index < -0.39 is 11.9 Å². The van der Waals surface area contributed by atoms with Crippen LogP contribution in [0.2, 0.25) is 0 Å². The van der Waals surface area contributed by atoms with Crippen molar-refractivity contribution in [3.8, 4) is 0 Å². The lowest BCUT2D eigenvalue weighted by Crippen LogP contribution is -2.10. The second kappa shape index (κ2) is 4.77. The maximum atomic E-state index is 10.9. The first-order valence-corrected chi connectivity index (χ1v) is 4.70. The molecule has 3 nitrogen and oxygen atoms in total. The van der Waals surface area contributed by atoms with Crippen LogP contribution in [0, 0.1) is 0 Å². The molecule has 3 heteroatoms. The summed E-state index contributed by atoms with van der Waals surface area (Å²) in [5.74, 6) is -1.17. The van der Waals surface area contributed by atoms with E-state index in [1.165, 1.54) is 0 Å². The summed E-state index contributed by atoms with van der Waals surface area (Å²) in [6.45, 7) is 2.36. The molecule has 0 saturated carbocycles. The van der Waals surface area contributed by atoms with Gasteiger partial charge in [-0.05, 0) is 17.5 Å². The minimum Gasteiger partial charge on any atom is -0.481 e. The normalized spacial score (nSPS) is 12.4. The van der Waals surface area contributed by atoms with Crippen molar-refractivity contribution in [3.63, 3.8) is 0 Å². The fourth-order valence-corrected chi connectivity index (χ4v) is 1.44. The van der Waals surface area contributed by atoms with Crippen molar-refractivity contribution in [3.05, 3.63) is 35.4 Å². The molecule has 0 aliphatic rings. The Balaban J connectivity index is 2.89. The number of hydrogen-bond donors (Lipinski definition) is 2. The van der Waals surface area contributed by atoms with Crippen LogP contribution in [0.5, 0.6) is 0 Å². The van der Waals surface area contributed by atoms with Gasteiger partial charge < -0.3 is 10.8 Å². The van der Waals surface area contributed by atoms with Gasteiger partial charge in [-0.15, -0.1) is 0 Å². The van der Waals surface area contributed by atoms with Crippen molar-refractivity contribution in [1.82, 2.24) is 0 Å². The smallest absolute Gasteiger partial charge is 0.310 e. The fourth-order valence-electron chi connectivity index (χ4n) is 1.44. The average Bonchev–Trinajstić information content (AvgIpc) is 2.19. The Morgan fingerprint density at radius 1 is 1.43 bits per heavy atom. The summed E-state index contributed by atoms with van der Waals surface area (Å²) in [5, 5.41) is 8.93. The van der Waals surface area contributed by atoms with E-state index >= 15 is 0 Å². The van der Waals surface area contributed by atoms with Crippen LogP contribution in [0.25, 0.3) is 0 Å². The Morgan fingerprint density at radius 2 is 2.00 bits per heavy atom. The minimum absolute atomic E-state index is 0.401. The van der Waals surface area contributed by atoms with E-state index in [-0.39, 0.29) is 0 Å². The molecule has 3 N–H and O–H groups in total. The van der Waals surface area contributed by atoms with Gasteiger partial charge in [0.2, 0.25) is 0 Å². The lowest BCUT2D eigenvalue weighted by Gasteiger charge is -2.10. The van der Waals surface area contributed by atoms with Gasteiger partial charge in [0, 0.05) is 6.54 Å². The lowest BCUT2D eigenvalue weighted by molar-refractivity contribution is -0.138. The zero-order valence-electron chi connectivity index (χ0n) is 8.23. The molecule has 0 bridgehead atoms. The molecular formula is C11H15NO2. The van der Waals surface area contributed by atoms with Crippen molar-refractivity contribution in [1.29, 1.82) is 0 Å². The van der Waals surface area contributed by atoms with Crippen LogP contribution in [0.1, 0.15) is 30.4 Å². The minimum atomic E-state index is -0.770. The number of carboxylic acids is 1. The Morgan fingerprint density at radius 3 is 2.36 bits per heavy atom. The number of nitrogens with two attached hydrogens (primary N) is 1. The van der Waals surface area contributed by atoms with Gasteiger partial charge in [0.05, 0.1) is 5.92 Å². The maximum Gasteiger partial charge on any atom is 0.310 e. The first-order valence-electron chi connectivity index (χ1n) is 4.70. The molecule has 0 aliphatic carbocycles. The lowest BCUT2D eigenvalue weighted by atomic mass is 9.96. The molecule has 76 valence electrons. The van der Waals surface area contributed by atoms with Gasteiger partial charge in [-0.3, -0.25) is 4.79 Å². The monoisotopic (exact) mass is 193 g/mol. The summed E-state index contributed by atoms with van der Waals surface area (Å²) in [4.78, 5) is 10.9. The second-order valence-corrected chi connectivity index (χ2v) is 3.24. The molecular weight excluding hydrogens is 178 g/mol. The molecule has 14 heavy (non-hydrogen) atoms. The third-order valence-corrected chi connectivity index (χ3v) is 2.32. The van der Waals surface area contributed by atoms with E-state index in [1.807, 2.05) is 31.2 Å². The molecule has 0 heterocycles. The summed E-state index contributed by atoms with van der Waals surface area (Å²) in [5.41, 5.74) is 7.32. The molecule has 0 fully saturated rings. The molecule has 1 rings (SSSR count). The van der Waals surface area contributed by atoms with E-state index in [0.717, 1.165) is 11.1 Å². The molecule has 1 atom stereocenters. The predicted octanol–water partition coefficient (Wildman–Crippen LogP) is 1.72. The van der Waals surface area contributed by atoms with Gasteiger partial charge >= 0.3 is 5.97 Å². The van der Waals surface area contributed by atoms with Crippen LogP contribution < -0.4 is 5.73 Å². The zero-order valence-corrected chi connectivity index (χ0v) is 8.23. The first kappa shape index (κ1) is 10.7. The predicted molar refractivity (Wildman–Crippen MR) is 55.0 cm³/mol. The SMILES string of the molecule is CCC(C(=O)O)c1ccc(CN)cc1. The van der Waals surface area contributed by atoms with Gasteiger partial charge in [0.1, 0.15) is 0 Å². The van der Waals surface area contributed by atoms with Crippen LogP contribution in [-0.2, 0) is 11.3 Å². The fraction of sp³-hybridized carbons (Fsp3) is 0.364. The zero-order chi connectivity index (χ0) is 10.6. The Hall–Kier alpha value is -1.35. The van der Waals surface area contributed by atoms with Gasteiger partial charge in [-0.25, -0.2) is 0 Å². The van der Waals surface area contributed by atoms with E-state index in [2.05, 4.69) is 0 Å². The van der Waals surface area contributed by atoms with Gasteiger partial charge in [-0.2, -0.15) is 0 Å². The van der Waals surface area contributed by atoms with E-state index in [1.54, 1.807) is 0 Å². The number of benzene rings is 1. The van der Waals surface area contributed by atoms with Crippen LogP contribution in [-0.4, -0.2) is 11.1 Å². The van der Waals surface area contributed by atoms with Crippen molar-refractivity contribution in [2.24, 2.45) is 5.73 Å². The summed E-state index contributed by atoms with van der Waals surface area (Å²) in [7, 11) is 0. The quantitative estimate of drug-likeness (QED) is 0.765. The van der Waals surface area contributed by atoms with Gasteiger partial charge in [0.15, 0.2) is 0 Å². The number of carbonyl (C=O) groups is 1. The maximum absolute atomic E-state index is 10.9. The summed E-state index contributed by atoms with van der Waals surface area (Å²) in [6, 6.07) is 7.43. The highest BCUT2D eigenvalue weighted by atomic mass is 16.4. The van der Waals surface area contributed by atoms with E-state index in [0.29, 0.717) is 13.0 Å². The molecule has 0 amide bonds. The van der Waals surface area contributed by atoms with Crippen LogP contribution >= 0.6 is 0 Å². The van der Waals surface area contributed by atoms with Crippen molar-refractivity contribution >= 4 is 5.97 Å². The molecule has 1 unspecified atom stereocenters. The van der Waals surface area contributed by atoms with Crippen LogP contribution in [0.4, 0.5) is 0 Å². The van der Waals surface area contributed by atoms with Gasteiger partial charge in [-0.1, -0.05) is 31.2 Å². The van der Waals surface area contributed by atoms with Crippen molar-refractivity contribution in [2.75, 3.05) is 0 Å². The van der Waals surface area contributed by atoms with Crippen molar-refractivity contribution in [2.45, 2.75) is 25.8 Å². The average molecular weight is 193 g/mol. The summed E-state index contributed by atoms with van der Waals surface area (Å²) in [6.07, 6.45) is 0.608. The Bertz CT molecular complexity index is 306.